The van der Waals surface area contributed by atoms with E-state index in [9.17, 15) is 4.79 Å². The second-order valence-corrected chi connectivity index (χ2v) is 3.31. The van der Waals surface area contributed by atoms with Crippen molar-refractivity contribution in [2.45, 2.75) is 45.2 Å². The Balaban J connectivity index is 2.42. The molecule has 1 saturated heterocycles. The molecule has 3 atom stereocenters. The van der Waals surface area contributed by atoms with Crippen molar-refractivity contribution in [2.24, 2.45) is 0 Å². The van der Waals surface area contributed by atoms with E-state index in [0.717, 1.165) is 6.42 Å². The lowest BCUT2D eigenvalue weighted by Gasteiger charge is -2.32. The van der Waals surface area contributed by atoms with Crippen LogP contribution in [-0.4, -0.2) is 31.6 Å². The van der Waals surface area contributed by atoms with Gasteiger partial charge in [0.25, 0.3) is 0 Å². The van der Waals surface area contributed by atoms with E-state index in [0.29, 0.717) is 6.42 Å². The number of carbonyl (C=O) groups excluding carboxylic acids is 1. The molecule has 1 heterocycles. The van der Waals surface area contributed by atoms with Gasteiger partial charge in [-0.05, 0) is 13.3 Å². The highest BCUT2D eigenvalue weighted by molar-refractivity contribution is 5.66. The molecule has 0 bridgehead atoms. The smallest absolute Gasteiger partial charge is 0.304 e. The monoisotopic (exact) mass is 188 g/mol. The van der Waals surface area contributed by atoms with Crippen LogP contribution in [0.1, 0.15) is 26.7 Å². The van der Waals surface area contributed by atoms with Crippen LogP contribution in [-0.2, 0) is 19.0 Å². The summed E-state index contributed by atoms with van der Waals surface area (Å²) in [5.74, 6) is -0.311. The molecule has 1 unspecified atom stereocenters. The van der Waals surface area contributed by atoms with Crippen LogP contribution in [0.25, 0.3) is 0 Å². The third kappa shape index (κ3) is 3.32. The van der Waals surface area contributed by atoms with Gasteiger partial charge in [0.05, 0.1) is 12.2 Å². The summed E-state index contributed by atoms with van der Waals surface area (Å²) in [7, 11) is 1.66. The van der Waals surface area contributed by atoms with Crippen molar-refractivity contribution in [2.75, 3.05) is 7.11 Å². The minimum absolute atomic E-state index is 0.0862. The van der Waals surface area contributed by atoms with E-state index in [-0.39, 0.29) is 18.2 Å². The predicted molar refractivity (Wildman–Crippen MR) is 46.1 cm³/mol. The van der Waals surface area contributed by atoms with Crippen molar-refractivity contribution < 1.29 is 19.0 Å². The van der Waals surface area contributed by atoms with Crippen LogP contribution in [0.2, 0.25) is 0 Å². The maximum atomic E-state index is 10.7. The summed E-state index contributed by atoms with van der Waals surface area (Å²) in [5.41, 5.74) is 0. The van der Waals surface area contributed by atoms with E-state index < -0.39 is 6.29 Å². The number of hydrogen-bond acceptors (Lipinski definition) is 4. The molecule has 0 spiro atoms. The lowest BCUT2D eigenvalue weighted by molar-refractivity contribution is -0.214. The molecule has 0 saturated carbocycles. The molecule has 0 radical (unpaired) electrons. The van der Waals surface area contributed by atoms with Crippen LogP contribution in [0.3, 0.4) is 0 Å². The normalized spacial score (nSPS) is 34.2. The van der Waals surface area contributed by atoms with Crippen molar-refractivity contribution >= 4 is 5.97 Å². The average molecular weight is 188 g/mol. The predicted octanol–water partition coefficient (Wildman–Crippen LogP) is 1.09. The molecule has 1 rings (SSSR count). The second kappa shape index (κ2) is 4.58. The number of esters is 1. The lowest BCUT2D eigenvalue weighted by Crippen LogP contribution is -2.37. The zero-order chi connectivity index (χ0) is 9.84. The third-order valence-corrected chi connectivity index (χ3v) is 2.06. The Bertz CT molecular complexity index is 180. The van der Waals surface area contributed by atoms with Crippen LogP contribution in [0.4, 0.5) is 0 Å². The van der Waals surface area contributed by atoms with Crippen molar-refractivity contribution in [1.29, 1.82) is 0 Å². The molecular weight excluding hydrogens is 172 g/mol. The summed E-state index contributed by atoms with van der Waals surface area (Å²) >= 11 is 0. The first-order valence-corrected chi connectivity index (χ1v) is 4.47. The first kappa shape index (κ1) is 10.5. The summed E-state index contributed by atoms with van der Waals surface area (Å²) < 4.78 is 15.6. The van der Waals surface area contributed by atoms with E-state index in [2.05, 4.69) is 0 Å². The SMILES string of the molecule is CO[C@H]1CC(OC(C)=O)O[C@@H](C)C1. The molecule has 0 amide bonds. The maximum Gasteiger partial charge on any atom is 0.304 e. The molecule has 13 heavy (non-hydrogen) atoms. The molecule has 0 N–H and O–H groups in total. The third-order valence-electron chi connectivity index (χ3n) is 2.06. The van der Waals surface area contributed by atoms with Gasteiger partial charge in [-0.3, -0.25) is 4.79 Å². The minimum atomic E-state index is -0.439. The van der Waals surface area contributed by atoms with Crippen molar-refractivity contribution in [1.82, 2.24) is 0 Å². The molecule has 1 aliphatic rings. The maximum absolute atomic E-state index is 10.7. The van der Waals surface area contributed by atoms with Gasteiger partial charge in [0.15, 0.2) is 0 Å². The Hall–Kier alpha value is -0.610. The summed E-state index contributed by atoms with van der Waals surface area (Å²) in [5, 5.41) is 0. The van der Waals surface area contributed by atoms with Crippen LogP contribution in [0, 0.1) is 0 Å². The molecule has 1 fully saturated rings. The lowest BCUT2D eigenvalue weighted by atomic mass is 10.1. The van der Waals surface area contributed by atoms with Gasteiger partial charge in [0.1, 0.15) is 0 Å². The fourth-order valence-corrected chi connectivity index (χ4v) is 1.50. The largest absolute Gasteiger partial charge is 0.436 e. The van der Waals surface area contributed by atoms with Crippen molar-refractivity contribution in [3.63, 3.8) is 0 Å². The topological polar surface area (TPSA) is 44.8 Å². The molecule has 1 aliphatic heterocycles. The van der Waals surface area contributed by atoms with E-state index >= 15 is 0 Å². The van der Waals surface area contributed by atoms with Gasteiger partial charge < -0.3 is 14.2 Å². The fourth-order valence-electron chi connectivity index (χ4n) is 1.50. The van der Waals surface area contributed by atoms with Crippen molar-refractivity contribution in [3.05, 3.63) is 0 Å². The van der Waals surface area contributed by atoms with Crippen LogP contribution < -0.4 is 0 Å². The first-order chi connectivity index (χ1) is 6.11. The Kier molecular flexibility index (Phi) is 3.69. The summed E-state index contributed by atoms with van der Waals surface area (Å²) in [6.07, 6.45) is 1.26. The summed E-state index contributed by atoms with van der Waals surface area (Å²) in [4.78, 5) is 10.7. The van der Waals surface area contributed by atoms with E-state index in [1.165, 1.54) is 6.92 Å². The number of ether oxygens (including phenoxy) is 3. The van der Waals surface area contributed by atoms with Crippen LogP contribution in [0.5, 0.6) is 0 Å². The second-order valence-electron chi connectivity index (χ2n) is 3.31. The van der Waals surface area contributed by atoms with Gasteiger partial charge in [0, 0.05) is 20.5 Å². The zero-order valence-electron chi connectivity index (χ0n) is 8.28. The molecule has 0 aromatic carbocycles. The molecule has 0 aromatic heterocycles. The van der Waals surface area contributed by atoms with Gasteiger partial charge in [-0.25, -0.2) is 0 Å². The highest BCUT2D eigenvalue weighted by Crippen LogP contribution is 2.22. The highest BCUT2D eigenvalue weighted by atomic mass is 16.7. The van der Waals surface area contributed by atoms with E-state index in [4.69, 9.17) is 14.2 Å². The number of methoxy groups -OCH3 is 1. The Labute approximate surface area is 78.2 Å². The molecule has 0 aromatic rings. The van der Waals surface area contributed by atoms with Gasteiger partial charge in [-0.2, -0.15) is 0 Å². The average Bonchev–Trinajstić information content (AvgIpc) is 2.01. The fraction of sp³-hybridized carbons (Fsp3) is 0.889. The van der Waals surface area contributed by atoms with Crippen LogP contribution >= 0.6 is 0 Å². The number of carbonyl (C=O) groups is 1. The molecule has 76 valence electrons. The summed E-state index contributed by atoms with van der Waals surface area (Å²) in [6, 6.07) is 0. The number of rotatable bonds is 2. The van der Waals surface area contributed by atoms with E-state index in [1.54, 1.807) is 7.11 Å². The molecule has 4 heteroatoms. The molecular formula is C9H16O4. The van der Waals surface area contributed by atoms with Gasteiger partial charge >= 0.3 is 5.97 Å². The highest BCUT2D eigenvalue weighted by Gasteiger charge is 2.28. The first-order valence-electron chi connectivity index (χ1n) is 4.47. The zero-order valence-corrected chi connectivity index (χ0v) is 8.28. The van der Waals surface area contributed by atoms with Crippen molar-refractivity contribution in [3.8, 4) is 0 Å². The molecule has 0 aliphatic carbocycles. The van der Waals surface area contributed by atoms with E-state index in [1.807, 2.05) is 6.92 Å². The Morgan fingerprint density at radius 2 is 2.15 bits per heavy atom. The van der Waals surface area contributed by atoms with Gasteiger partial charge in [0.2, 0.25) is 6.29 Å². The Morgan fingerprint density at radius 1 is 1.46 bits per heavy atom. The Morgan fingerprint density at radius 3 is 2.69 bits per heavy atom. The van der Waals surface area contributed by atoms with Gasteiger partial charge in [-0.15, -0.1) is 0 Å². The van der Waals surface area contributed by atoms with Gasteiger partial charge in [-0.1, -0.05) is 0 Å². The van der Waals surface area contributed by atoms with Crippen LogP contribution in [0.15, 0.2) is 0 Å². The molecule has 4 nitrogen and oxygen atoms in total. The quantitative estimate of drug-likeness (QED) is 0.608. The number of hydrogen-bond donors (Lipinski definition) is 0. The standard InChI is InChI=1S/C9H16O4/c1-6-4-8(11-3)5-9(12-6)13-7(2)10/h6,8-9H,4-5H2,1-3H3/t6-,8+,9?/m0/s1. The summed E-state index contributed by atoms with van der Waals surface area (Å²) in [6.45, 7) is 3.33. The minimum Gasteiger partial charge on any atom is -0.436 e.